The maximum absolute atomic E-state index is 11.8. The van der Waals surface area contributed by atoms with Crippen LogP contribution in [-0.2, 0) is 14.9 Å². The Hall–Kier alpha value is -1.92. The zero-order chi connectivity index (χ0) is 15.5. The van der Waals surface area contributed by atoms with Crippen molar-refractivity contribution in [3.63, 3.8) is 0 Å². The summed E-state index contributed by atoms with van der Waals surface area (Å²) in [6.07, 6.45) is 2.15. The minimum absolute atomic E-state index is 0.110. The van der Waals surface area contributed by atoms with Crippen LogP contribution in [0.5, 0.6) is 0 Å². The van der Waals surface area contributed by atoms with Gasteiger partial charge in [0.1, 0.15) is 4.90 Å². The second-order valence-corrected chi connectivity index (χ2v) is 6.17. The molecule has 0 aliphatic rings. The van der Waals surface area contributed by atoms with Crippen molar-refractivity contribution in [3.05, 3.63) is 36.4 Å². The number of hydrogen-bond acceptors (Lipinski definition) is 3. The van der Waals surface area contributed by atoms with Crippen molar-refractivity contribution < 1.29 is 17.8 Å². The number of rotatable bonds is 5. The van der Waals surface area contributed by atoms with Crippen molar-refractivity contribution in [1.29, 1.82) is 0 Å². The molecule has 1 amide bonds. The molecule has 5 nitrogen and oxygen atoms in total. The van der Waals surface area contributed by atoms with E-state index in [0.29, 0.717) is 22.9 Å². The summed E-state index contributed by atoms with van der Waals surface area (Å²) in [5.41, 5.74) is 0.541. The van der Waals surface area contributed by atoms with Crippen LogP contribution in [0.3, 0.4) is 0 Å². The van der Waals surface area contributed by atoms with Gasteiger partial charge in [0.15, 0.2) is 0 Å². The molecular formula is C15H17NO4S. The predicted octanol–water partition coefficient (Wildman–Crippen LogP) is 3.22. The van der Waals surface area contributed by atoms with E-state index in [-0.39, 0.29) is 10.8 Å². The first-order valence-electron chi connectivity index (χ1n) is 6.72. The van der Waals surface area contributed by atoms with Gasteiger partial charge in [-0.1, -0.05) is 37.6 Å². The summed E-state index contributed by atoms with van der Waals surface area (Å²) in [6, 6.07) is 9.53. The summed E-state index contributed by atoms with van der Waals surface area (Å²) in [5, 5.41) is 3.75. The van der Waals surface area contributed by atoms with Crippen molar-refractivity contribution in [2.45, 2.75) is 31.1 Å². The fraction of sp³-hybridized carbons (Fsp3) is 0.267. The van der Waals surface area contributed by atoms with Gasteiger partial charge in [-0.3, -0.25) is 9.35 Å². The average Bonchev–Trinajstić information content (AvgIpc) is 2.44. The molecule has 0 saturated heterocycles. The van der Waals surface area contributed by atoms with Crippen molar-refractivity contribution in [2.75, 3.05) is 5.32 Å². The van der Waals surface area contributed by atoms with Gasteiger partial charge >= 0.3 is 0 Å². The molecule has 0 atom stereocenters. The van der Waals surface area contributed by atoms with Crippen molar-refractivity contribution in [2.24, 2.45) is 0 Å². The largest absolute Gasteiger partial charge is 0.326 e. The smallest absolute Gasteiger partial charge is 0.295 e. The fourth-order valence-corrected chi connectivity index (χ4v) is 2.85. The van der Waals surface area contributed by atoms with Crippen molar-refractivity contribution >= 4 is 32.5 Å². The minimum atomic E-state index is -4.30. The maximum atomic E-state index is 11.8. The van der Waals surface area contributed by atoms with Gasteiger partial charge in [0.25, 0.3) is 10.1 Å². The van der Waals surface area contributed by atoms with Crippen LogP contribution in [0.25, 0.3) is 10.8 Å². The summed E-state index contributed by atoms with van der Waals surface area (Å²) in [5.74, 6) is -0.110. The van der Waals surface area contributed by atoms with Crippen LogP contribution in [0.4, 0.5) is 5.69 Å². The number of amides is 1. The SMILES string of the molecule is CCCCC(=O)Nc1ccc(S(=O)(=O)O)c2ccccc12. The van der Waals surface area contributed by atoms with Crippen LogP contribution < -0.4 is 5.32 Å². The molecule has 6 heteroatoms. The van der Waals surface area contributed by atoms with Gasteiger partial charge < -0.3 is 5.32 Å². The summed E-state index contributed by atoms with van der Waals surface area (Å²) in [7, 11) is -4.30. The minimum Gasteiger partial charge on any atom is -0.326 e. The number of benzene rings is 2. The van der Waals surface area contributed by atoms with Crippen molar-refractivity contribution in [1.82, 2.24) is 0 Å². The summed E-state index contributed by atoms with van der Waals surface area (Å²) in [4.78, 5) is 11.7. The average molecular weight is 307 g/mol. The third kappa shape index (κ3) is 3.59. The predicted molar refractivity (Wildman–Crippen MR) is 81.9 cm³/mol. The topological polar surface area (TPSA) is 83.5 Å². The standard InChI is InChI=1S/C15H17NO4S/c1-2-3-8-15(17)16-13-9-10-14(21(18,19)20)12-7-5-4-6-11(12)13/h4-7,9-10H,2-3,8H2,1H3,(H,16,17)(H,18,19,20). The Balaban J connectivity index is 2.46. The summed E-state index contributed by atoms with van der Waals surface area (Å²) < 4.78 is 32.0. The number of carbonyl (C=O) groups is 1. The molecule has 112 valence electrons. The molecule has 0 fully saturated rings. The van der Waals surface area contributed by atoms with E-state index in [9.17, 15) is 17.8 Å². The van der Waals surface area contributed by atoms with Gasteiger partial charge in [0, 0.05) is 22.9 Å². The first-order chi connectivity index (χ1) is 9.93. The Bertz CT molecular complexity index is 768. The van der Waals surface area contributed by atoms with E-state index in [4.69, 9.17) is 0 Å². The number of hydrogen-bond donors (Lipinski definition) is 2. The summed E-state index contributed by atoms with van der Waals surface area (Å²) in [6.45, 7) is 2.00. The molecule has 0 aromatic heterocycles. The van der Waals surface area contributed by atoms with Crippen LogP contribution in [0, 0.1) is 0 Å². The highest BCUT2D eigenvalue weighted by Crippen LogP contribution is 2.29. The van der Waals surface area contributed by atoms with Gasteiger partial charge in [-0.05, 0) is 18.6 Å². The highest BCUT2D eigenvalue weighted by atomic mass is 32.2. The first-order valence-corrected chi connectivity index (χ1v) is 8.16. The zero-order valence-corrected chi connectivity index (χ0v) is 12.5. The molecule has 0 unspecified atom stereocenters. The van der Waals surface area contributed by atoms with E-state index in [1.54, 1.807) is 24.3 Å². The highest BCUT2D eigenvalue weighted by Gasteiger charge is 2.16. The third-order valence-corrected chi connectivity index (χ3v) is 4.11. The highest BCUT2D eigenvalue weighted by molar-refractivity contribution is 7.86. The second-order valence-electron chi connectivity index (χ2n) is 4.78. The number of unbranched alkanes of at least 4 members (excludes halogenated alkanes) is 1. The van der Waals surface area contributed by atoms with E-state index in [2.05, 4.69) is 5.32 Å². The normalized spacial score (nSPS) is 11.5. The van der Waals surface area contributed by atoms with Crippen molar-refractivity contribution in [3.8, 4) is 0 Å². The van der Waals surface area contributed by atoms with Crippen LogP contribution in [0.2, 0.25) is 0 Å². The molecule has 0 saturated carbocycles. The molecule has 0 aliphatic heterocycles. The number of fused-ring (bicyclic) bond motifs is 1. The van der Waals surface area contributed by atoms with Crippen LogP contribution in [0.15, 0.2) is 41.3 Å². The molecule has 2 N–H and O–H groups in total. The molecule has 2 rings (SSSR count). The Kier molecular flexibility index (Phi) is 4.59. The van der Waals surface area contributed by atoms with Gasteiger partial charge in [0.2, 0.25) is 5.91 Å². The van der Waals surface area contributed by atoms with E-state index in [1.807, 2.05) is 6.92 Å². The van der Waals surface area contributed by atoms with E-state index in [1.165, 1.54) is 12.1 Å². The van der Waals surface area contributed by atoms with E-state index >= 15 is 0 Å². The van der Waals surface area contributed by atoms with E-state index in [0.717, 1.165) is 12.8 Å². The maximum Gasteiger partial charge on any atom is 0.295 e. The molecule has 0 heterocycles. The lowest BCUT2D eigenvalue weighted by Crippen LogP contribution is -2.11. The zero-order valence-electron chi connectivity index (χ0n) is 11.7. The molecule has 0 spiro atoms. The molecule has 2 aromatic rings. The Morgan fingerprint density at radius 2 is 1.81 bits per heavy atom. The lowest BCUT2D eigenvalue weighted by atomic mass is 10.1. The monoisotopic (exact) mass is 307 g/mol. The van der Waals surface area contributed by atoms with Crippen LogP contribution in [-0.4, -0.2) is 18.9 Å². The molecule has 0 radical (unpaired) electrons. The Morgan fingerprint density at radius 3 is 2.43 bits per heavy atom. The quantitative estimate of drug-likeness (QED) is 0.831. The van der Waals surface area contributed by atoms with Gasteiger partial charge in [-0.15, -0.1) is 0 Å². The fourth-order valence-electron chi connectivity index (χ4n) is 2.16. The van der Waals surface area contributed by atoms with Gasteiger partial charge in [0.05, 0.1) is 0 Å². The second kappa shape index (κ2) is 6.24. The van der Waals surface area contributed by atoms with Crippen LogP contribution in [0.1, 0.15) is 26.2 Å². The lowest BCUT2D eigenvalue weighted by Gasteiger charge is -2.11. The Labute approximate surface area is 123 Å². The molecule has 2 aromatic carbocycles. The third-order valence-electron chi connectivity index (χ3n) is 3.19. The lowest BCUT2D eigenvalue weighted by molar-refractivity contribution is -0.116. The molecule has 0 aliphatic carbocycles. The van der Waals surface area contributed by atoms with Gasteiger partial charge in [-0.25, -0.2) is 0 Å². The number of carbonyl (C=O) groups excluding carboxylic acids is 1. The summed E-state index contributed by atoms with van der Waals surface area (Å²) >= 11 is 0. The first kappa shape index (κ1) is 15.5. The Morgan fingerprint density at radius 1 is 1.14 bits per heavy atom. The molecule has 0 bridgehead atoms. The molecular weight excluding hydrogens is 290 g/mol. The van der Waals surface area contributed by atoms with Crippen LogP contribution >= 0.6 is 0 Å². The van der Waals surface area contributed by atoms with E-state index < -0.39 is 10.1 Å². The number of nitrogens with one attached hydrogen (secondary N) is 1. The molecule has 21 heavy (non-hydrogen) atoms. The van der Waals surface area contributed by atoms with Gasteiger partial charge in [-0.2, -0.15) is 8.42 Å². The number of anilines is 1.